The van der Waals surface area contributed by atoms with Crippen molar-refractivity contribution >= 4 is 0 Å². The van der Waals surface area contributed by atoms with E-state index in [1.807, 2.05) is 67.6 Å². The van der Waals surface area contributed by atoms with Crippen LogP contribution in [0.3, 0.4) is 0 Å². The van der Waals surface area contributed by atoms with Crippen LogP contribution in [0.1, 0.15) is 18.9 Å². The molecule has 0 fully saturated rings. The van der Waals surface area contributed by atoms with Crippen LogP contribution >= 0.6 is 0 Å². The highest BCUT2D eigenvalue weighted by Gasteiger charge is 2.19. The van der Waals surface area contributed by atoms with Gasteiger partial charge in [0.25, 0.3) is 5.56 Å². The fourth-order valence-corrected chi connectivity index (χ4v) is 2.72. The van der Waals surface area contributed by atoms with Gasteiger partial charge in [-0.05, 0) is 5.56 Å². The molecule has 3 rings (SSSR count). The number of aromatic nitrogens is 2. The van der Waals surface area contributed by atoms with Crippen LogP contribution in [0.4, 0.5) is 0 Å². The molecule has 1 aromatic heterocycles. The first-order valence-electron chi connectivity index (χ1n) is 8.38. The van der Waals surface area contributed by atoms with Gasteiger partial charge < -0.3 is 0 Å². The number of hydrogen-bond donors (Lipinski definition) is 0. The Morgan fingerprint density at radius 1 is 0.962 bits per heavy atom. The molecule has 3 aromatic rings. The number of nitrogens with zero attached hydrogens (tertiary/aromatic N) is 3. The maximum Gasteiger partial charge on any atom is 0.286 e. The molecule has 4 nitrogen and oxygen atoms in total. The van der Waals surface area contributed by atoms with E-state index < -0.39 is 5.56 Å². The molecule has 0 amide bonds. The minimum Gasteiger partial charge on any atom is -0.266 e. The van der Waals surface area contributed by atoms with E-state index in [1.54, 1.807) is 0 Å². The molecule has 0 bridgehead atoms. The Morgan fingerprint density at radius 2 is 1.58 bits per heavy atom. The minimum absolute atomic E-state index is 0.0864. The fourth-order valence-electron chi connectivity index (χ4n) is 2.72. The molecule has 0 N–H and O–H groups in total. The third-order valence-corrected chi connectivity index (χ3v) is 3.91. The van der Waals surface area contributed by atoms with Crippen molar-refractivity contribution in [3.05, 3.63) is 76.6 Å². The summed E-state index contributed by atoms with van der Waals surface area (Å²) < 4.78 is 1.27. The molecule has 0 atom stereocenters. The van der Waals surface area contributed by atoms with Crippen LogP contribution in [0.25, 0.3) is 22.4 Å². The zero-order chi connectivity index (χ0) is 18.4. The summed E-state index contributed by atoms with van der Waals surface area (Å²) in [7, 11) is 0. The second-order valence-electron chi connectivity index (χ2n) is 5.61. The third-order valence-electron chi connectivity index (χ3n) is 3.91. The first-order valence-corrected chi connectivity index (χ1v) is 8.38. The molecule has 0 unspecified atom stereocenters. The minimum atomic E-state index is -0.420. The summed E-state index contributed by atoms with van der Waals surface area (Å²) in [5.41, 5.74) is 2.47. The largest absolute Gasteiger partial charge is 0.286 e. The lowest BCUT2D eigenvalue weighted by Crippen LogP contribution is -2.26. The highest BCUT2D eigenvalue weighted by molar-refractivity contribution is 5.84. The van der Waals surface area contributed by atoms with Gasteiger partial charge in [0.05, 0.1) is 0 Å². The molecule has 2 aromatic carbocycles. The molecular weight excluding hydrogens is 322 g/mol. The Hall–Kier alpha value is -3.63. The van der Waals surface area contributed by atoms with Gasteiger partial charge >= 0.3 is 0 Å². The van der Waals surface area contributed by atoms with Crippen molar-refractivity contribution in [2.75, 3.05) is 0 Å². The van der Waals surface area contributed by atoms with Crippen LogP contribution in [0.2, 0.25) is 0 Å². The van der Waals surface area contributed by atoms with E-state index in [0.29, 0.717) is 17.7 Å². The Bertz CT molecular complexity index is 1070. The lowest BCUT2D eigenvalue weighted by atomic mass is 9.96. The maximum atomic E-state index is 12.8. The number of nitriles is 1. The summed E-state index contributed by atoms with van der Waals surface area (Å²) in [6.45, 7) is 2.11. The highest BCUT2D eigenvalue weighted by Crippen LogP contribution is 2.31. The average Bonchev–Trinajstić information content (AvgIpc) is 2.70. The summed E-state index contributed by atoms with van der Waals surface area (Å²) in [6, 6.07) is 21.1. The van der Waals surface area contributed by atoms with Crippen molar-refractivity contribution in [3.63, 3.8) is 0 Å². The van der Waals surface area contributed by atoms with Crippen molar-refractivity contribution in [3.8, 4) is 40.3 Å². The normalized spacial score (nSPS) is 9.85. The lowest BCUT2D eigenvalue weighted by molar-refractivity contribution is 0.665. The molecular formula is C22H17N3O. The fraction of sp³-hybridized carbons (Fsp3) is 0.136. The van der Waals surface area contributed by atoms with Crippen molar-refractivity contribution < 1.29 is 0 Å². The van der Waals surface area contributed by atoms with Crippen molar-refractivity contribution in [2.45, 2.75) is 19.9 Å². The predicted octanol–water partition coefficient (Wildman–Crippen LogP) is 3.86. The van der Waals surface area contributed by atoms with E-state index in [1.165, 1.54) is 4.68 Å². The SMILES string of the molecule is CCC#CCn1nc(-c2ccccc2)c(-c2ccccc2)c(C#N)c1=O. The van der Waals surface area contributed by atoms with Crippen molar-refractivity contribution in [2.24, 2.45) is 0 Å². The van der Waals surface area contributed by atoms with Gasteiger partial charge in [0.15, 0.2) is 0 Å². The molecule has 0 aliphatic carbocycles. The molecule has 0 radical (unpaired) electrons. The number of rotatable bonds is 3. The highest BCUT2D eigenvalue weighted by atomic mass is 16.1. The smallest absolute Gasteiger partial charge is 0.266 e. The zero-order valence-electron chi connectivity index (χ0n) is 14.4. The summed E-state index contributed by atoms with van der Waals surface area (Å²) in [6.07, 6.45) is 0.702. The Morgan fingerprint density at radius 3 is 2.15 bits per heavy atom. The van der Waals surface area contributed by atoms with Crippen molar-refractivity contribution in [1.29, 1.82) is 5.26 Å². The van der Waals surface area contributed by atoms with Gasteiger partial charge in [0.2, 0.25) is 0 Å². The second kappa shape index (κ2) is 7.96. The van der Waals surface area contributed by atoms with Gasteiger partial charge in [-0.1, -0.05) is 73.5 Å². The Kier molecular flexibility index (Phi) is 5.27. The van der Waals surface area contributed by atoms with Crippen LogP contribution in [0.15, 0.2) is 65.5 Å². The lowest BCUT2D eigenvalue weighted by Gasteiger charge is -2.13. The van der Waals surface area contributed by atoms with Crippen LogP contribution in [-0.4, -0.2) is 9.78 Å². The third kappa shape index (κ3) is 3.41. The summed E-state index contributed by atoms with van der Waals surface area (Å²) >= 11 is 0. The molecule has 0 spiro atoms. The first kappa shape index (κ1) is 17.2. The van der Waals surface area contributed by atoms with E-state index >= 15 is 0 Å². The van der Waals surface area contributed by atoms with Crippen LogP contribution < -0.4 is 5.56 Å². The molecule has 1 heterocycles. The topological polar surface area (TPSA) is 58.7 Å². The van der Waals surface area contributed by atoms with Gasteiger partial charge in [0.1, 0.15) is 23.9 Å². The predicted molar refractivity (Wildman–Crippen MR) is 102 cm³/mol. The summed E-state index contributed by atoms with van der Waals surface area (Å²) in [5.74, 6) is 5.86. The summed E-state index contributed by atoms with van der Waals surface area (Å²) in [5, 5.41) is 14.3. The maximum absolute atomic E-state index is 12.8. The van der Waals surface area contributed by atoms with Crippen LogP contribution in [0, 0.1) is 23.2 Å². The number of hydrogen-bond acceptors (Lipinski definition) is 3. The van der Waals surface area contributed by atoms with E-state index in [4.69, 9.17) is 0 Å². The van der Waals surface area contributed by atoms with Crippen LogP contribution in [-0.2, 0) is 6.54 Å². The molecule has 26 heavy (non-hydrogen) atoms. The van der Waals surface area contributed by atoms with Gasteiger partial charge in [-0.25, -0.2) is 4.68 Å². The first-order chi connectivity index (χ1) is 12.8. The van der Waals surface area contributed by atoms with Gasteiger partial charge in [-0.3, -0.25) is 4.79 Å². The van der Waals surface area contributed by atoms with E-state index in [-0.39, 0.29) is 12.1 Å². The number of benzene rings is 2. The standard InChI is InChI=1S/C22H17N3O/c1-2-3-10-15-25-22(26)19(16-23)20(17-11-6-4-7-12-17)21(24-25)18-13-8-5-9-14-18/h4-9,11-14H,2,15H2,1H3. The van der Waals surface area contributed by atoms with E-state index in [9.17, 15) is 10.1 Å². The Balaban J connectivity index is 2.33. The monoisotopic (exact) mass is 339 g/mol. The second-order valence-corrected chi connectivity index (χ2v) is 5.61. The van der Waals surface area contributed by atoms with E-state index in [2.05, 4.69) is 23.0 Å². The average molecular weight is 339 g/mol. The van der Waals surface area contributed by atoms with Crippen molar-refractivity contribution in [1.82, 2.24) is 9.78 Å². The molecule has 4 heteroatoms. The van der Waals surface area contributed by atoms with Gasteiger partial charge in [0, 0.05) is 17.5 Å². The zero-order valence-corrected chi connectivity index (χ0v) is 14.4. The summed E-state index contributed by atoms with van der Waals surface area (Å²) in [4.78, 5) is 12.8. The molecule has 0 aliphatic rings. The molecule has 126 valence electrons. The molecule has 0 aliphatic heterocycles. The molecule has 0 saturated heterocycles. The van der Waals surface area contributed by atoms with Crippen LogP contribution in [0.5, 0.6) is 0 Å². The van der Waals surface area contributed by atoms with Gasteiger partial charge in [-0.15, -0.1) is 5.92 Å². The Labute approximate surface area is 152 Å². The van der Waals surface area contributed by atoms with Gasteiger partial charge in [-0.2, -0.15) is 10.4 Å². The van der Waals surface area contributed by atoms with E-state index in [0.717, 1.165) is 11.1 Å². The quantitative estimate of drug-likeness (QED) is 0.681. The molecule has 0 saturated carbocycles.